The van der Waals surface area contributed by atoms with Crippen LogP contribution < -0.4 is 8.92 Å². The number of carbonyl (C=O) groups excluding carboxylic acids is 1. The van der Waals surface area contributed by atoms with Crippen molar-refractivity contribution >= 4 is 39.7 Å². The van der Waals surface area contributed by atoms with E-state index < -0.39 is 16.1 Å². The molecule has 4 rings (SSSR count). The molecule has 0 radical (unpaired) electrons. The van der Waals surface area contributed by atoms with Gasteiger partial charge in [0, 0.05) is 10.6 Å². The summed E-state index contributed by atoms with van der Waals surface area (Å²) in [7, 11) is -4.04. The summed E-state index contributed by atoms with van der Waals surface area (Å²) in [6, 6.07) is 19.2. The van der Waals surface area contributed by atoms with Gasteiger partial charge in [0.1, 0.15) is 4.90 Å². The summed E-state index contributed by atoms with van der Waals surface area (Å²) in [6.45, 7) is 2.04. The van der Waals surface area contributed by atoms with Crippen LogP contribution in [0, 0.1) is 0 Å². The van der Waals surface area contributed by atoms with Crippen LogP contribution in [0.5, 0.6) is 11.5 Å². The van der Waals surface area contributed by atoms with E-state index in [1.165, 1.54) is 24.3 Å². The predicted octanol–water partition coefficient (Wildman–Crippen LogP) is 4.85. The number of cyclic esters (lactones) is 1. The SMILES string of the molecule is CCOc1cc(/C=C2/N=C(c3ccc(Cl)cc3)OC2=O)ccc1OS(=O)(=O)c1ccccc1. The van der Waals surface area contributed by atoms with Crippen molar-refractivity contribution in [2.75, 3.05) is 6.61 Å². The highest BCUT2D eigenvalue weighted by Crippen LogP contribution is 2.32. The van der Waals surface area contributed by atoms with Crippen molar-refractivity contribution in [3.63, 3.8) is 0 Å². The molecule has 0 unspecified atom stereocenters. The van der Waals surface area contributed by atoms with E-state index in [9.17, 15) is 13.2 Å². The maximum atomic E-state index is 12.6. The highest BCUT2D eigenvalue weighted by Gasteiger charge is 2.25. The van der Waals surface area contributed by atoms with E-state index in [-0.39, 0.29) is 34.6 Å². The Labute approximate surface area is 196 Å². The fourth-order valence-corrected chi connectivity index (χ4v) is 4.07. The van der Waals surface area contributed by atoms with Gasteiger partial charge in [0.25, 0.3) is 0 Å². The summed E-state index contributed by atoms with van der Waals surface area (Å²) in [5, 5.41) is 0.555. The van der Waals surface area contributed by atoms with Crippen LogP contribution in [0.4, 0.5) is 0 Å². The van der Waals surface area contributed by atoms with E-state index in [0.29, 0.717) is 16.1 Å². The van der Waals surface area contributed by atoms with E-state index in [0.717, 1.165) is 0 Å². The lowest BCUT2D eigenvalue weighted by molar-refractivity contribution is -0.129. The maximum Gasteiger partial charge on any atom is 0.363 e. The van der Waals surface area contributed by atoms with E-state index in [4.69, 9.17) is 25.3 Å². The second kappa shape index (κ2) is 9.48. The van der Waals surface area contributed by atoms with Gasteiger partial charge >= 0.3 is 16.1 Å². The third-order valence-corrected chi connectivity index (χ3v) is 6.01. The molecule has 1 aliphatic heterocycles. The number of nitrogens with zero attached hydrogens (tertiary/aromatic N) is 1. The number of carbonyl (C=O) groups is 1. The topological polar surface area (TPSA) is 91.3 Å². The van der Waals surface area contributed by atoms with Gasteiger partial charge in [-0.05, 0) is 67.1 Å². The molecule has 0 aromatic heterocycles. The molecule has 168 valence electrons. The second-order valence-corrected chi connectivity index (χ2v) is 8.82. The summed E-state index contributed by atoms with van der Waals surface area (Å²) in [6.07, 6.45) is 1.52. The fourth-order valence-electron chi connectivity index (χ4n) is 2.99. The summed E-state index contributed by atoms with van der Waals surface area (Å²) in [4.78, 5) is 16.6. The van der Waals surface area contributed by atoms with Crippen molar-refractivity contribution in [1.82, 2.24) is 0 Å². The Morgan fingerprint density at radius 1 is 1.00 bits per heavy atom. The molecule has 0 fully saturated rings. The first-order chi connectivity index (χ1) is 15.9. The molecule has 7 nitrogen and oxygen atoms in total. The van der Waals surface area contributed by atoms with Gasteiger partial charge in [-0.3, -0.25) is 0 Å². The van der Waals surface area contributed by atoms with Gasteiger partial charge in [-0.25, -0.2) is 9.79 Å². The van der Waals surface area contributed by atoms with Crippen LogP contribution in [0.15, 0.2) is 88.4 Å². The monoisotopic (exact) mass is 483 g/mol. The van der Waals surface area contributed by atoms with Gasteiger partial charge in [0.2, 0.25) is 5.90 Å². The number of rotatable bonds is 7. The standard InChI is InChI=1S/C24H18ClNO6S/c1-2-30-22-15-16(8-13-21(22)32-33(28,29)19-6-4-3-5-7-19)14-20-24(27)31-23(26-20)17-9-11-18(25)12-10-17/h3-15H,2H2,1H3/b20-14+. The van der Waals surface area contributed by atoms with Crippen molar-refractivity contribution in [1.29, 1.82) is 0 Å². The Bertz CT molecular complexity index is 1350. The van der Waals surface area contributed by atoms with Crippen LogP contribution in [0.3, 0.4) is 0 Å². The second-order valence-electron chi connectivity index (χ2n) is 6.83. The van der Waals surface area contributed by atoms with Crippen LogP contribution in [-0.4, -0.2) is 26.9 Å². The van der Waals surface area contributed by atoms with Crippen molar-refractivity contribution in [3.05, 3.63) is 94.6 Å². The molecule has 0 N–H and O–H groups in total. The average molecular weight is 484 g/mol. The fraction of sp³-hybridized carbons (Fsp3) is 0.0833. The molecule has 0 bridgehead atoms. The highest BCUT2D eigenvalue weighted by molar-refractivity contribution is 7.87. The van der Waals surface area contributed by atoms with Crippen LogP contribution in [0.1, 0.15) is 18.1 Å². The summed E-state index contributed by atoms with van der Waals surface area (Å²) >= 11 is 5.89. The lowest BCUT2D eigenvalue weighted by Gasteiger charge is -2.12. The third kappa shape index (κ3) is 5.24. The summed E-state index contributed by atoms with van der Waals surface area (Å²) in [5.41, 5.74) is 1.25. The van der Waals surface area contributed by atoms with Crippen LogP contribution in [0.2, 0.25) is 5.02 Å². The van der Waals surface area contributed by atoms with Gasteiger partial charge in [-0.15, -0.1) is 0 Å². The molecule has 0 amide bonds. The summed E-state index contributed by atoms with van der Waals surface area (Å²) in [5.74, 6) is -0.200. The Hall–Kier alpha value is -3.62. The molecule has 0 spiro atoms. The van der Waals surface area contributed by atoms with Gasteiger partial charge in [-0.2, -0.15) is 8.42 Å². The molecule has 3 aromatic carbocycles. The number of aliphatic imine (C=N–C) groups is 1. The smallest absolute Gasteiger partial charge is 0.363 e. The molecule has 0 saturated heterocycles. The van der Waals surface area contributed by atoms with E-state index >= 15 is 0 Å². The molecule has 33 heavy (non-hydrogen) atoms. The van der Waals surface area contributed by atoms with Crippen molar-refractivity contribution in [3.8, 4) is 11.5 Å². The minimum absolute atomic E-state index is 0.0245. The normalized spacial score (nSPS) is 14.7. The van der Waals surface area contributed by atoms with Crippen molar-refractivity contribution in [2.24, 2.45) is 4.99 Å². The molecule has 0 aliphatic carbocycles. The van der Waals surface area contributed by atoms with E-state index in [1.54, 1.807) is 61.5 Å². The molecule has 0 saturated carbocycles. The van der Waals surface area contributed by atoms with Crippen molar-refractivity contribution < 1.29 is 26.9 Å². The minimum atomic E-state index is -4.04. The Morgan fingerprint density at radius 3 is 2.42 bits per heavy atom. The van der Waals surface area contributed by atoms with Crippen LogP contribution >= 0.6 is 11.6 Å². The number of halogens is 1. The molecule has 3 aromatic rings. The first-order valence-corrected chi connectivity index (χ1v) is 11.7. The maximum absolute atomic E-state index is 12.6. The largest absolute Gasteiger partial charge is 0.490 e. The number of hydrogen-bond donors (Lipinski definition) is 0. The molecule has 1 heterocycles. The number of hydrogen-bond acceptors (Lipinski definition) is 7. The lowest BCUT2D eigenvalue weighted by Crippen LogP contribution is -2.10. The Balaban J connectivity index is 1.63. The predicted molar refractivity (Wildman–Crippen MR) is 124 cm³/mol. The lowest BCUT2D eigenvalue weighted by atomic mass is 10.1. The van der Waals surface area contributed by atoms with Gasteiger partial charge < -0.3 is 13.7 Å². The zero-order valence-corrected chi connectivity index (χ0v) is 19.0. The first kappa shape index (κ1) is 22.6. The zero-order valence-electron chi connectivity index (χ0n) is 17.4. The van der Waals surface area contributed by atoms with Crippen LogP contribution in [0.25, 0.3) is 6.08 Å². The van der Waals surface area contributed by atoms with Crippen LogP contribution in [-0.2, 0) is 19.6 Å². The van der Waals surface area contributed by atoms with Gasteiger partial charge in [0.05, 0.1) is 6.61 Å². The molecule has 0 atom stereocenters. The van der Waals surface area contributed by atoms with Crippen molar-refractivity contribution in [2.45, 2.75) is 11.8 Å². The molecular weight excluding hydrogens is 466 g/mol. The zero-order chi connectivity index (χ0) is 23.4. The van der Waals surface area contributed by atoms with E-state index in [2.05, 4.69) is 4.99 Å². The highest BCUT2D eigenvalue weighted by atomic mass is 35.5. The van der Waals surface area contributed by atoms with Gasteiger partial charge in [0.15, 0.2) is 17.2 Å². The number of benzene rings is 3. The van der Waals surface area contributed by atoms with Gasteiger partial charge in [-0.1, -0.05) is 35.9 Å². The first-order valence-electron chi connectivity index (χ1n) is 9.90. The average Bonchev–Trinajstić information content (AvgIpc) is 3.17. The minimum Gasteiger partial charge on any atom is -0.490 e. The quantitative estimate of drug-likeness (QED) is 0.271. The molecule has 9 heteroatoms. The molecule has 1 aliphatic rings. The number of ether oxygens (including phenoxy) is 2. The summed E-state index contributed by atoms with van der Waals surface area (Å²) < 4.78 is 41.3. The molecular formula is C24H18ClNO6S. The number of esters is 1. The third-order valence-electron chi connectivity index (χ3n) is 4.51. The Morgan fingerprint density at radius 2 is 1.73 bits per heavy atom. The van der Waals surface area contributed by atoms with E-state index in [1.807, 2.05) is 0 Å². The Kier molecular flexibility index (Phi) is 6.48.